The summed E-state index contributed by atoms with van der Waals surface area (Å²) in [6.45, 7) is 0.347. The minimum Gasteiger partial charge on any atom is -0.323 e. The third kappa shape index (κ3) is 1.25. The van der Waals surface area contributed by atoms with Crippen LogP contribution in [0.25, 0.3) is 0 Å². The van der Waals surface area contributed by atoms with Gasteiger partial charge in [-0.25, -0.2) is 8.42 Å². The molecule has 5 heteroatoms. The molecule has 0 bridgehead atoms. The van der Waals surface area contributed by atoms with Gasteiger partial charge in [0, 0.05) is 19.6 Å². The number of nitrogens with zero attached hydrogens (tertiary/aromatic N) is 1. The van der Waals surface area contributed by atoms with Gasteiger partial charge in [0.05, 0.1) is 4.90 Å². The summed E-state index contributed by atoms with van der Waals surface area (Å²) in [7, 11) is -1.75. The van der Waals surface area contributed by atoms with Gasteiger partial charge in [-0.2, -0.15) is 4.31 Å². The molecular weight excluding hydrogens is 200 g/mol. The quantitative estimate of drug-likeness (QED) is 0.673. The Morgan fingerprint density at radius 2 is 2.07 bits per heavy atom. The maximum atomic E-state index is 11.8. The molecular formula is C9H12N2O2S. The van der Waals surface area contributed by atoms with Crippen molar-refractivity contribution in [2.45, 2.75) is 10.9 Å². The van der Waals surface area contributed by atoms with Gasteiger partial charge in [0.1, 0.15) is 0 Å². The van der Waals surface area contributed by atoms with Gasteiger partial charge in [-0.3, -0.25) is 0 Å². The topological polar surface area (TPSA) is 63.4 Å². The fraction of sp³-hybridized carbons (Fsp3) is 0.333. The highest BCUT2D eigenvalue weighted by Gasteiger charge is 2.32. The first kappa shape index (κ1) is 9.64. The fourth-order valence-electron chi connectivity index (χ4n) is 1.66. The van der Waals surface area contributed by atoms with Crippen molar-refractivity contribution in [2.24, 2.45) is 5.73 Å². The highest BCUT2D eigenvalue weighted by molar-refractivity contribution is 7.89. The van der Waals surface area contributed by atoms with Crippen molar-refractivity contribution in [2.75, 3.05) is 13.6 Å². The van der Waals surface area contributed by atoms with E-state index in [9.17, 15) is 8.42 Å². The smallest absolute Gasteiger partial charge is 0.243 e. The lowest BCUT2D eigenvalue weighted by molar-refractivity contribution is 0.420. The van der Waals surface area contributed by atoms with Crippen LogP contribution in [0.5, 0.6) is 0 Å². The van der Waals surface area contributed by atoms with E-state index in [1.165, 1.54) is 4.31 Å². The van der Waals surface area contributed by atoms with Gasteiger partial charge in [0.15, 0.2) is 0 Å². The molecule has 0 aromatic heterocycles. The van der Waals surface area contributed by atoms with Crippen LogP contribution in [-0.2, 0) is 10.0 Å². The number of sulfonamides is 1. The van der Waals surface area contributed by atoms with Crippen LogP contribution in [0, 0.1) is 0 Å². The second kappa shape index (κ2) is 3.05. The van der Waals surface area contributed by atoms with Gasteiger partial charge in [-0.15, -0.1) is 0 Å². The molecule has 2 N–H and O–H groups in total. The Bertz CT molecular complexity index is 456. The maximum Gasteiger partial charge on any atom is 0.243 e. The zero-order chi connectivity index (χ0) is 10.3. The number of rotatable bonds is 0. The van der Waals surface area contributed by atoms with Crippen LogP contribution in [0.15, 0.2) is 29.2 Å². The van der Waals surface area contributed by atoms with Crippen molar-refractivity contribution in [3.05, 3.63) is 29.8 Å². The number of hydrogen-bond acceptors (Lipinski definition) is 3. The molecule has 76 valence electrons. The Morgan fingerprint density at radius 1 is 1.43 bits per heavy atom. The molecule has 1 heterocycles. The summed E-state index contributed by atoms with van der Waals surface area (Å²) in [4.78, 5) is 0.334. The van der Waals surface area contributed by atoms with E-state index < -0.39 is 10.0 Å². The monoisotopic (exact) mass is 212 g/mol. The largest absolute Gasteiger partial charge is 0.323 e. The lowest BCUT2D eigenvalue weighted by Crippen LogP contribution is -2.39. The third-order valence-electron chi connectivity index (χ3n) is 2.46. The van der Waals surface area contributed by atoms with Gasteiger partial charge in [-0.05, 0) is 11.6 Å². The molecule has 0 amide bonds. The molecule has 14 heavy (non-hydrogen) atoms. The summed E-state index contributed by atoms with van der Waals surface area (Å²) in [5.74, 6) is 0. The molecule has 0 saturated heterocycles. The molecule has 1 aromatic rings. The summed E-state index contributed by atoms with van der Waals surface area (Å²) in [5.41, 5.74) is 6.57. The SMILES string of the molecule is CN1CC(N)c2ccccc2S1(=O)=O. The molecule has 2 rings (SSSR count). The normalized spacial score (nSPS) is 25.7. The van der Waals surface area contributed by atoms with E-state index in [1.807, 2.05) is 0 Å². The predicted molar refractivity (Wildman–Crippen MR) is 53.2 cm³/mol. The summed E-state index contributed by atoms with van der Waals surface area (Å²) < 4.78 is 24.9. The van der Waals surface area contributed by atoms with Crippen molar-refractivity contribution in [1.82, 2.24) is 4.31 Å². The van der Waals surface area contributed by atoms with Crippen molar-refractivity contribution in [3.63, 3.8) is 0 Å². The number of benzene rings is 1. The molecule has 0 radical (unpaired) electrons. The van der Waals surface area contributed by atoms with Crippen LogP contribution < -0.4 is 5.73 Å². The van der Waals surface area contributed by atoms with Crippen molar-refractivity contribution in [1.29, 1.82) is 0 Å². The molecule has 0 aliphatic carbocycles. The van der Waals surface area contributed by atoms with Crippen LogP contribution in [-0.4, -0.2) is 26.3 Å². The first-order valence-electron chi connectivity index (χ1n) is 4.34. The van der Waals surface area contributed by atoms with E-state index in [4.69, 9.17) is 5.73 Å². The average Bonchev–Trinajstić information content (AvgIpc) is 2.16. The van der Waals surface area contributed by atoms with E-state index in [0.717, 1.165) is 0 Å². The van der Waals surface area contributed by atoms with E-state index in [0.29, 0.717) is 17.0 Å². The number of hydrogen-bond donors (Lipinski definition) is 1. The Morgan fingerprint density at radius 3 is 2.79 bits per heavy atom. The van der Waals surface area contributed by atoms with E-state index in [-0.39, 0.29) is 6.04 Å². The molecule has 1 unspecified atom stereocenters. The van der Waals surface area contributed by atoms with Gasteiger partial charge >= 0.3 is 0 Å². The zero-order valence-electron chi connectivity index (χ0n) is 7.84. The Labute approximate surface area is 83.4 Å². The van der Waals surface area contributed by atoms with Gasteiger partial charge in [-0.1, -0.05) is 18.2 Å². The lowest BCUT2D eigenvalue weighted by Gasteiger charge is -2.29. The second-order valence-electron chi connectivity index (χ2n) is 3.43. The van der Waals surface area contributed by atoms with Crippen molar-refractivity contribution < 1.29 is 8.42 Å². The number of fused-ring (bicyclic) bond motifs is 1. The zero-order valence-corrected chi connectivity index (χ0v) is 8.66. The van der Waals surface area contributed by atoms with Gasteiger partial charge in [0.25, 0.3) is 0 Å². The summed E-state index contributed by atoms with van der Waals surface area (Å²) in [6.07, 6.45) is 0. The standard InChI is InChI=1S/C9H12N2O2S/c1-11-6-8(10)7-4-2-3-5-9(7)14(11,12)13/h2-5,8H,6,10H2,1H3. The lowest BCUT2D eigenvalue weighted by atomic mass is 10.1. The minimum atomic E-state index is -3.30. The van der Waals surface area contributed by atoms with Gasteiger partial charge in [0.2, 0.25) is 10.0 Å². The highest BCUT2D eigenvalue weighted by Crippen LogP contribution is 2.29. The van der Waals surface area contributed by atoms with Crippen molar-refractivity contribution in [3.8, 4) is 0 Å². The summed E-state index contributed by atoms with van der Waals surface area (Å²) in [6, 6.07) is 6.66. The molecule has 0 fully saturated rings. The Hall–Kier alpha value is -0.910. The summed E-state index contributed by atoms with van der Waals surface area (Å²) >= 11 is 0. The Kier molecular flexibility index (Phi) is 2.10. The Balaban J connectivity index is 2.69. The second-order valence-corrected chi connectivity index (χ2v) is 5.44. The van der Waals surface area contributed by atoms with E-state index >= 15 is 0 Å². The van der Waals surface area contributed by atoms with E-state index in [2.05, 4.69) is 0 Å². The first-order chi connectivity index (χ1) is 6.53. The minimum absolute atomic E-state index is 0.222. The molecule has 1 aromatic carbocycles. The molecule has 4 nitrogen and oxygen atoms in total. The summed E-state index contributed by atoms with van der Waals surface area (Å²) in [5, 5.41) is 0. The molecule has 0 saturated carbocycles. The van der Waals surface area contributed by atoms with Crippen molar-refractivity contribution >= 4 is 10.0 Å². The predicted octanol–water partition coefficient (Wildman–Crippen LogP) is 0.321. The number of likely N-dealkylation sites (N-methyl/N-ethyl adjacent to an activating group) is 1. The van der Waals surface area contributed by atoms with Crippen LogP contribution in [0.1, 0.15) is 11.6 Å². The molecule has 1 aliphatic heterocycles. The van der Waals surface area contributed by atoms with Crippen LogP contribution >= 0.6 is 0 Å². The van der Waals surface area contributed by atoms with Crippen LogP contribution in [0.4, 0.5) is 0 Å². The molecule has 1 aliphatic rings. The third-order valence-corrected chi connectivity index (χ3v) is 4.36. The average molecular weight is 212 g/mol. The molecule has 0 spiro atoms. The maximum absolute atomic E-state index is 11.8. The van der Waals surface area contributed by atoms with E-state index in [1.54, 1.807) is 31.3 Å². The molecule has 1 atom stereocenters. The number of nitrogens with two attached hydrogens (primary N) is 1. The highest BCUT2D eigenvalue weighted by atomic mass is 32.2. The van der Waals surface area contributed by atoms with Crippen LogP contribution in [0.3, 0.4) is 0 Å². The first-order valence-corrected chi connectivity index (χ1v) is 5.78. The fourth-order valence-corrected chi connectivity index (χ4v) is 3.12. The van der Waals surface area contributed by atoms with Gasteiger partial charge < -0.3 is 5.73 Å². The van der Waals surface area contributed by atoms with Crippen LogP contribution in [0.2, 0.25) is 0 Å².